The second-order valence-electron chi connectivity index (χ2n) is 5.25. The molecule has 2 rings (SSSR count). The van der Waals surface area contributed by atoms with E-state index in [0.29, 0.717) is 12.6 Å². The highest BCUT2D eigenvalue weighted by Crippen LogP contribution is 2.23. The Morgan fingerprint density at radius 1 is 1.28 bits per heavy atom. The van der Waals surface area contributed by atoms with Gasteiger partial charge in [-0.05, 0) is 53.6 Å². The zero-order valence-electron chi connectivity index (χ0n) is 12.1. The van der Waals surface area contributed by atoms with Gasteiger partial charge in [0.15, 0.2) is 0 Å². The quantitative estimate of drug-likeness (QED) is 0.805. The van der Waals surface area contributed by atoms with Crippen LogP contribution < -0.4 is 4.74 Å². The predicted octanol–water partition coefficient (Wildman–Crippen LogP) is 2.56. The molecule has 0 spiro atoms. The van der Waals surface area contributed by atoms with Gasteiger partial charge in [-0.3, -0.25) is 4.68 Å². The Balaban J connectivity index is 2.08. The van der Waals surface area contributed by atoms with Gasteiger partial charge < -0.3 is 9.64 Å². The number of hydrogen-bond donors (Lipinski definition) is 0. The number of hydrogen-bond acceptors (Lipinski definition) is 3. The van der Waals surface area contributed by atoms with Crippen LogP contribution in [0.3, 0.4) is 0 Å². The van der Waals surface area contributed by atoms with E-state index in [1.807, 2.05) is 6.92 Å². The summed E-state index contributed by atoms with van der Waals surface area (Å²) in [6, 6.07) is 0.413. The molecule has 1 fully saturated rings. The normalized spacial score (nSPS) is 18.2. The molecule has 1 aliphatic heterocycles. The van der Waals surface area contributed by atoms with Gasteiger partial charge in [0.1, 0.15) is 0 Å². The minimum Gasteiger partial charge on any atom is -0.477 e. The van der Waals surface area contributed by atoms with E-state index in [1.54, 1.807) is 0 Å². The first-order chi connectivity index (χ1) is 8.63. The minimum absolute atomic E-state index is 0.413. The average molecular weight is 251 g/mol. The highest BCUT2D eigenvalue weighted by molar-refractivity contribution is 5.29. The molecule has 0 amide bonds. The number of likely N-dealkylation sites (tertiary alicyclic amines) is 1. The molecule has 1 aromatic heterocycles. The van der Waals surface area contributed by atoms with Crippen LogP contribution in [0, 0.1) is 13.8 Å². The van der Waals surface area contributed by atoms with Crippen LogP contribution in [0.5, 0.6) is 5.88 Å². The topological polar surface area (TPSA) is 30.3 Å². The predicted molar refractivity (Wildman–Crippen MR) is 73.3 cm³/mol. The van der Waals surface area contributed by atoms with Crippen molar-refractivity contribution in [3.63, 3.8) is 0 Å². The molecule has 102 valence electrons. The maximum absolute atomic E-state index is 5.57. The van der Waals surface area contributed by atoms with Gasteiger partial charge in [-0.25, -0.2) is 0 Å². The Morgan fingerprint density at radius 3 is 2.56 bits per heavy atom. The van der Waals surface area contributed by atoms with Crippen molar-refractivity contribution in [3.8, 4) is 5.88 Å². The van der Waals surface area contributed by atoms with E-state index in [9.17, 15) is 0 Å². The van der Waals surface area contributed by atoms with Crippen LogP contribution in [0.2, 0.25) is 0 Å². The highest BCUT2D eigenvalue weighted by Gasteiger charge is 2.20. The average Bonchev–Trinajstić information content (AvgIpc) is 2.93. The van der Waals surface area contributed by atoms with Gasteiger partial charge in [0.25, 0.3) is 0 Å². The van der Waals surface area contributed by atoms with Crippen molar-refractivity contribution in [1.29, 1.82) is 0 Å². The van der Waals surface area contributed by atoms with Gasteiger partial charge >= 0.3 is 0 Å². The maximum Gasteiger partial charge on any atom is 0.235 e. The standard InChI is InChI=1S/C14H25N3O/c1-5-18-14-12(3)13(4)17(15-14)11(2)10-16-8-6-7-9-16/h11H,5-10H2,1-4H3. The monoisotopic (exact) mass is 251 g/mol. The molecule has 4 heteroatoms. The molecule has 0 radical (unpaired) electrons. The summed E-state index contributed by atoms with van der Waals surface area (Å²) in [6.45, 7) is 12.7. The van der Waals surface area contributed by atoms with Crippen molar-refractivity contribution in [2.24, 2.45) is 0 Å². The number of aromatic nitrogens is 2. The molecule has 0 saturated carbocycles. The fraction of sp³-hybridized carbons (Fsp3) is 0.786. The second kappa shape index (κ2) is 5.74. The van der Waals surface area contributed by atoms with E-state index in [4.69, 9.17) is 4.74 Å². The SMILES string of the molecule is CCOc1nn(C(C)CN2CCCC2)c(C)c1C. The Labute approximate surface area is 110 Å². The molecule has 0 aromatic carbocycles. The summed E-state index contributed by atoms with van der Waals surface area (Å²) in [6.07, 6.45) is 2.68. The summed E-state index contributed by atoms with van der Waals surface area (Å²) in [4.78, 5) is 2.53. The summed E-state index contributed by atoms with van der Waals surface area (Å²) >= 11 is 0. The molecule has 0 bridgehead atoms. The molecule has 1 atom stereocenters. The molecule has 18 heavy (non-hydrogen) atoms. The second-order valence-corrected chi connectivity index (χ2v) is 5.25. The lowest BCUT2D eigenvalue weighted by Gasteiger charge is -2.21. The zero-order valence-corrected chi connectivity index (χ0v) is 12.1. The molecular formula is C14H25N3O. The van der Waals surface area contributed by atoms with E-state index in [0.717, 1.165) is 12.4 Å². The Bertz CT molecular complexity index is 394. The third-order valence-corrected chi connectivity index (χ3v) is 3.83. The highest BCUT2D eigenvalue weighted by atomic mass is 16.5. The molecule has 1 saturated heterocycles. The van der Waals surface area contributed by atoms with Gasteiger partial charge in [-0.1, -0.05) is 0 Å². The number of ether oxygens (including phenoxy) is 1. The summed E-state index contributed by atoms with van der Waals surface area (Å²) in [5.74, 6) is 0.795. The van der Waals surface area contributed by atoms with Crippen molar-refractivity contribution in [2.45, 2.75) is 46.6 Å². The molecule has 1 aromatic rings. The van der Waals surface area contributed by atoms with Gasteiger partial charge in [0, 0.05) is 17.8 Å². The fourth-order valence-corrected chi connectivity index (χ4v) is 2.69. The summed E-state index contributed by atoms with van der Waals surface area (Å²) in [5.41, 5.74) is 2.40. The summed E-state index contributed by atoms with van der Waals surface area (Å²) in [7, 11) is 0. The Morgan fingerprint density at radius 2 is 1.94 bits per heavy atom. The lowest BCUT2D eigenvalue weighted by Crippen LogP contribution is -2.28. The third-order valence-electron chi connectivity index (χ3n) is 3.83. The molecular weight excluding hydrogens is 226 g/mol. The largest absolute Gasteiger partial charge is 0.477 e. The Hall–Kier alpha value is -1.03. The van der Waals surface area contributed by atoms with E-state index in [1.165, 1.54) is 37.2 Å². The van der Waals surface area contributed by atoms with E-state index < -0.39 is 0 Å². The number of nitrogens with zero attached hydrogens (tertiary/aromatic N) is 3. The van der Waals surface area contributed by atoms with Crippen LogP contribution in [-0.2, 0) is 0 Å². The van der Waals surface area contributed by atoms with Crippen molar-refractivity contribution in [1.82, 2.24) is 14.7 Å². The zero-order chi connectivity index (χ0) is 13.1. The lowest BCUT2D eigenvalue weighted by molar-refractivity contribution is 0.268. The molecule has 4 nitrogen and oxygen atoms in total. The first-order valence-corrected chi connectivity index (χ1v) is 7.04. The molecule has 1 unspecified atom stereocenters. The molecule has 0 N–H and O–H groups in total. The maximum atomic E-state index is 5.57. The first kappa shape index (κ1) is 13.4. The van der Waals surface area contributed by atoms with Crippen LogP contribution in [0.4, 0.5) is 0 Å². The number of rotatable bonds is 5. The van der Waals surface area contributed by atoms with Crippen LogP contribution in [-0.4, -0.2) is 40.9 Å². The van der Waals surface area contributed by atoms with Crippen LogP contribution in [0.15, 0.2) is 0 Å². The molecule has 1 aliphatic rings. The van der Waals surface area contributed by atoms with Crippen molar-refractivity contribution in [3.05, 3.63) is 11.3 Å². The van der Waals surface area contributed by atoms with Gasteiger partial charge in [-0.2, -0.15) is 0 Å². The van der Waals surface area contributed by atoms with Crippen molar-refractivity contribution >= 4 is 0 Å². The molecule has 0 aliphatic carbocycles. The lowest BCUT2D eigenvalue weighted by atomic mass is 10.2. The fourth-order valence-electron chi connectivity index (χ4n) is 2.69. The van der Waals surface area contributed by atoms with E-state index in [-0.39, 0.29) is 0 Å². The van der Waals surface area contributed by atoms with Crippen LogP contribution in [0.1, 0.15) is 44.0 Å². The smallest absolute Gasteiger partial charge is 0.235 e. The van der Waals surface area contributed by atoms with E-state index >= 15 is 0 Å². The minimum atomic E-state index is 0.413. The van der Waals surface area contributed by atoms with Crippen LogP contribution >= 0.6 is 0 Å². The van der Waals surface area contributed by atoms with Crippen LogP contribution in [0.25, 0.3) is 0 Å². The van der Waals surface area contributed by atoms with Gasteiger partial charge in [0.05, 0.1) is 12.6 Å². The summed E-state index contributed by atoms with van der Waals surface area (Å²) in [5, 5.41) is 4.61. The third kappa shape index (κ3) is 2.69. The van der Waals surface area contributed by atoms with Crippen molar-refractivity contribution in [2.75, 3.05) is 26.2 Å². The van der Waals surface area contributed by atoms with Gasteiger partial charge in [0.2, 0.25) is 5.88 Å². The van der Waals surface area contributed by atoms with Crippen molar-refractivity contribution < 1.29 is 4.74 Å². The van der Waals surface area contributed by atoms with E-state index in [2.05, 4.69) is 35.5 Å². The Kier molecular flexibility index (Phi) is 4.27. The molecule has 2 heterocycles. The first-order valence-electron chi connectivity index (χ1n) is 7.04. The summed E-state index contributed by atoms with van der Waals surface area (Å²) < 4.78 is 7.70. The van der Waals surface area contributed by atoms with Gasteiger partial charge in [-0.15, -0.1) is 5.10 Å².